The zero-order chi connectivity index (χ0) is 16.9. The molecule has 0 aliphatic carbocycles. The van der Waals surface area contributed by atoms with E-state index in [9.17, 15) is 9.90 Å². The molecule has 0 radical (unpaired) electrons. The highest BCUT2D eigenvalue weighted by molar-refractivity contribution is 5.93. The minimum atomic E-state index is -0.504. The Morgan fingerprint density at radius 2 is 2.04 bits per heavy atom. The molecule has 2 aromatic rings. The van der Waals surface area contributed by atoms with Crippen LogP contribution in [0.25, 0.3) is 0 Å². The van der Waals surface area contributed by atoms with Gasteiger partial charge in [-0.15, -0.1) is 0 Å². The third kappa shape index (κ3) is 3.57. The van der Waals surface area contributed by atoms with E-state index in [4.69, 9.17) is 0 Å². The molecule has 0 bridgehead atoms. The van der Waals surface area contributed by atoms with Gasteiger partial charge in [0, 0.05) is 13.6 Å². The molecule has 126 valence electrons. The van der Waals surface area contributed by atoms with E-state index >= 15 is 0 Å². The number of rotatable bonds is 4. The first-order valence-electron chi connectivity index (χ1n) is 8.37. The third-order valence-electron chi connectivity index (χ3n) is 4.52. The van der Waals surface area contributed by atoms with Crippen LogP contribution in [0.15, 0.2) is 48.5 Å². The number of piperidine rings is 1. The molecule has 2 heterocycles. The van der Waals surface area contributed by atoms with Crippen molar-refractivity contribution in [2.75, 3.05) is 18.9 Å². The number of hydrogen-bond acceptors (Lipinski definition) is 4. The van der Waals surface area contributed by atoms with Crippen molar-refractivity contribution in [3.05, 3.63) is 59.8 Å². The molecule has 1 aromatic heterocycles. The average Bonchev–Trinajstić information content (AvgIpc) is 2.64. The molecule has 0 unspecified atom stereocenters. The molecule has 24 heavy (non-hydrogen) atoms. The van der Waals surface area contributed by atoms with Crippen LogP contribution in [0.2, 0.25) is 0 Å². The minimum absolute atomic E-state index is 0.119. The third-order valence-corrected chi connectivity index (χ3v) is 4.52. The summed E-state index contributed by atoms with van der Waals surface area (Å²) in [5, 5.41) is 13.4. The van der Waals surface area contributed by atoms with E-state index in [0.717, 1.165) is 18.4 Å². The van der Waals surface area contributed by atoms with Gasteiger partial charge in [-0.3, -0.25) is 4.79 Å². The zero-order valence-corrected chi connectivity index (χ0v) is 13.9. The quantitative estimate of drug-likeness (QED) is 0.905. The number of carbonyl (C=O) groups is 1. The maximum atomic E-state index is 12.9. The summed E-state index contributed by atoms with van der Waals surface area (Å²) in [5.74, 6) is 0.546. The summed E-state index contributed by atoms with van der Waals surface area (Å²) in [5.41, 5.74) is 1.53. The fourth-order valence-corrected chi connectivity index (χ4v) is 3.23. The van der Waals surface area contributed by atoms with Crippen molar-refractivity contribution in [1.82, 2.24) is 9.88 Å². The Morgan fingerprint density at radius 1 is 1.25 bits per heavy atom. The molecule has 1 aliphatic rings. The van der Waals surface area contributed by atoms with Crippen LogP contribution in [0.1, 0.15) is 28.9 Å². The lowest BCUT2D eigenvalue weighted by Crippen LogP contribution is -2.52. The molecule has 0 saturated carbocycles. The number of nitrogens with zero attached hydrogens (tertiary/aromatic N) is 2. The highest BCUT2D eigenvalue weighted by Crippen LogP contribution is 2.23. The number of aliphatic hydroxyl groups excluding tert-OH is 1. The summed E-state index contributed by atoms with van der Waals surface area (Å²) < 4.78 is 0. The highest BCUT2D eigenvalue weighted by Gasteiger charge is 2.34. The molecule has 1 fully saturated rings. The molecule has 2 N–H and O–H groups in total. The number of aromatic nitrogens is 1. The van der Waals surface area contributed by atoms with Crippen LogP contribution in [0.4, 0.5) is 5.82 Å². The molecular formula is C19H23N3O2. The van der Waals surface area contributed by atoms with Gasteiger partial charge in [-0.25, -0.2) is 4.98 Å². The summed E-state index contributed by atoms with van der Waals surface area (Å²) in [4.78, 5) is 19.1. The second-order valence-electron chi connectivity index (χ2n) is 6.12. The molecule has 0 spiro atoms. The van der Waals surface area contributed by atoms with Crippen LogP contribution >= 0.6 is 0 Å². The van der Waals surface area contributed by atoms with E-state index in [0.29, 0.717) is 24.5 Å². The molecular weight excluding hydrogens is 302 g/mol. The van der Waals surface area contributed by atoms with Crippen molar-refractivity contribution in [2.24, 2.45) is 0 Å². The molecule has 3 rings (SSSR count). The maximum Gasteiger partial charge on any atom is 0.272 e. The van der Waals surface area contributed by atoms with Crippen molar-refractivity contribution in [1.29, 1.82) is 0 Å². The Balaban J connectivity index is 1.83. The molecule has 2 atom stereocenters. The van der Waals surface area contributed by atoms with Crippen LogP contribution in [0.5, 0.6) is 0 Å². The molecule has 5 nitrogen and oxygen atoms in total. The fourth-order valence-electron chi connectivity index (χ4n) is 3.23. The van der Waals surface area contributed by atoms with Crippen molar-refractivity contribution in [2.45, 2.75) is 31.4 Å². The van der Waals surface area contributed by atoms with Gasteiger partial charge in [0.2, 0.25) is 0 Å². The van der Waals surface area contributed by atoms with Crippen molar-refractivity contribution >= 4 is 11.7 Å². The van der Waals surface area contributed by atoms with Crippen LogP contribution in [-0.4, -0.2) is 46.6 Å². The monoisotopic (exact) mass is 325 g/mol. The molecule has 1 saturated heterocycles. The van der Waals surface area contributed by atoms with Gasteiger partial charge in [-0.2, -0.15) is 0 Å². The standard InChI is InChI=1S/C19H23N3O2/c1-20-18-11-5-9-15(21-18)19(24)22-12-6-10-17(23)16(22)13-14-7-3-2-4-8-14/h2-5,7-9,11,16-17,23H,6,10,12-13H2,1H3,(H,20,21)/t16-,17-/m0/s1. The first-order valence-corrected chi connectivity index (χ1v) is 8.37. The van der Waals surface area contributed by atoms with Gasteiger partial charge in [0.25, 0.3) is 5.91 Å². The van der Waals surface area contributed by atoms with Gasteiger partial charge in [-0.05, 0) is 37.0 Å². The minimum Gasteiger partial charge on any atom is -0.391 e. The number of pyridine rings is 1. The van der Waals surface area contributed by atoms with E-state index in [-0.39, 0.29) is 11.9 Å². The summed E-state index contributed by atoms with van der Waals surface area (Å²) in [6.07, 6.45) is 1.68. The largest absolute Gasteiger partial charge is 0.391 e. The first-order chi connectivity index (χ1) is 11.7. The normalized spacial score (nSPS) is 20.7. The lowest BCUT2D eigenvalue weighted by atomic mass is 9.92. The molecule has 5 heteroatoms. The lowest BCUT2D eigenvalue weighted by Gasteiger charge is -2.39. The van der Waals surface area contributed by atoms with E-state index < -0.39 is 6.10 Å². The second kappa shape index (κ2) is 7.45. The fraction of sp³-hybridized carbons (Fsp3) is 0.368. The summed E-state index contributed by atoms with van der Waals surface area (Å²) >= 11 is 0. The van der Waals surface area contributed by atoms with Gasteiger partial charge >= 0.3 is 0 Å². The first kappa shape index (κ1) is 16.5. The van der Waals surface area contributed by atoms with Gasteiger partial charge < -0.3 is 15.3 Å². The number of benzene rings is 1. The molecule has 1 aromatic carbocycles. The summed E-state index contributed by atoms with van der Waals surface area (Å²) in [6.45, 7) is 0.652. The predicted molar refractivity (Wildman–Crippen MR) is 94.0 cm³/mol. The second-order valence-corrected chi connectivity index (χ2v) is 6.12. The van der Waals surface area contributed by atoms with Crippen LogP contribution in [0.3, 0.4) is 0 Å². The number of hydrogen-bond donors (Lipinski definition) is 2. The van der Waals surface area contributed by atoms with E-state index in [1.807, 2.05) is 42.5 Å². The Kier molecular flexibility index (Phi) is 5.11. The van der Waals surface area contributed by atoms with Crippen molar-refractivity contribution in [3.8, 4) is 0 Å². The SMILES string of the molecule is CNc1cccc(C(=O)N2CCC[C@H](O)[C@@H]2Cc2ccccc2)n1. The van der Waals surface area contributed by atoms with Gasteiger partial charge in [0.1, 0.15) is 11.5 Å². The number of carbonyl (C=O) groups excluding carboxylic acids is 1. The highest BCUT2D eigenvalue weighted by atomic mass is 16.3. The molecule has 1 amide bonds. The lowest BCUT2D eigenvalue weighted by molar-refractivity contribution is 0.0115. The summed E-state index contributed by atoms with van der Waals surface area (Å²) in [7, 11) is 1.78. The summed E-state index contributed by atoms with van der Waals surface area (Å²) in [6, 6.07) is 15.1. The van der Waals surface area contributed by atoms with E-state index in [2.05, 4.69) is 10.3 Å². The van der Waals surface area contributed by atoms with E-state index in [1.54, 1.807) is 18.0 Å². The Hall–Kier alpha value is -2.40. The number of amides is 1. The van der Waals surface area contributed by atoms with E-state index in [1.165, 1.54) is 0 Å². The van der Waals surface area contributed by atoms with Crippen molar-refractivity contribution in [3.63, 3.8) is 0 Å². The Labute approximate surface area is 142 Å². The number of nitrogens with one attached hydrogen (secondary N) is 1. The average molecular weight is 325 g/mol. The zero-order valence-electron chi connectivity index (χ0n) is 13.9. The van der Waals surface area contributed by atoms with Crippen molar-refractivity contribution < 1.29 is 9.90 Å². The number of likely N-dealkylation sites (tertiary alicyclic amines) is 1. The predicted octanol–water partition coefficient (Wildman–Crippen LogP) is 2.33. The number of aliphatic hydroxyl groups is 1. The van der Waals surface area contributed by atoms with Gasteiger partial charge in [-0.1, -0.05) is 36.4 Å². The van der Waals surface area contributed by atoms with Crippen LogP contribution in [0, 0.1) is 0 Å². The van der Waals surface area contributed by atoms with Gasteiger partial charge in [0.05, 0.1) is 12.1 Å². The van der Waals surface area contributed by atoms with Gasteiger partial charge in [0.15, 0.2) is 0 Å². The smallest absolute Gasteiger partial charge is 0.272 e. The Bertz CT molecular complexity index is 690. The maximum absolute atomic E-state index is 12.9. The topological polar surface area (TPSA) is 65.5 Å². The molecule has 1 aliphatic heterocycles. The van der Waals surface area contributed by atoms with Crippen LogP contribution in [-0.2, 0) is 6.42 Å². The van der Waals surface area contributed by atoms with Crippen LogP contribution < -0.4 is 5.32 Å². The number of anilines is 1. The Morgan fingerprint density at radius 3 is 2.79 bits per heavy atom.